The highest BCUT2D eigenvalue weighted by Crippen LogP contribution is 2.35. The summed E-state index contributed by atoms with van der Waals surface area (Å²) in [6.45, 7) is 0. The first-order chi connectivity index (χ1) is 10.9. The zero-order valence-corrected chi connectivity index (χ0v) is 11.5. The van der Waals surface area contributed by atoms with Crippen LogP contribution in [0.4, 0.5) is 0 Å². The lowest BCUT2D eigenvalue weighted by molar-refractivity contribution is -0.123. The van der Waals surface area contributed by atoms with E-state index in [1.54, 1.807) is 0 Å². The normalized spacial score (nSPS) is 14.3. The second kappa shape index (κ2) is 5.02. The van der Waals surface area contributed by atoms with E-state index in [-0.39, 0.29) is 22.4 Å². The molecule has 2 heterocycles. The second-order valence-corrected chi connectivity index (χ2v) is 4.74. The number of rotatable bonds is 3. The van der Waals surface area contributed by atoms with Crippen molar-refractivity contribution in [2.75, 3.05) is 0 Å². The summed E-state index contributed by atoms with van der Waals surface area (Å²) in [5.74, 6) is -3.88. The van der Waals surface area contributed by atoms with Gasteiger partial charge in [0, 0.05) is 17.7 Å². The number of nitrogens with zero attached hydrogens (tertiary/aromatic N) is 1. The van der Waals surface area contributed by atoms with Crippen LogP contribution in [0.1, 0.15) is 15.9 Å². The number of carboxylic acids is 1. The minimum Gasteiger partial charge on any atom is -0.494 e. The molecule has 8 nitrogen and oxygen atoms in total. The number of hydrogen-bond donors (Lipinski definition) is 4. The average molecular weight is 314 g/mol. The lowest BCUT2D eigenvalue weighted by Crippen LogP contribution is -2.23. The Morgan fingerprint density at radius 2 is 1.57 bits per heavy atom. The third kappa shape index (κ3) is 2.13. The van der Waals surface area contributed by atoms with Crippen LogP contribution in [0.2, 0.25) is 0 Å². The van der Waals surface area contributed by atoms with Crippen LogP contribution in [0.5, 0.6) is 11.8 Å². The van der Waals surface area contributed by atoms with Crippen LogP contribution in [-0.2, 0) is 9.59 Å². The Balaban J connectivity index is 2.36. The number of hydrogen-bond acceptors (Lipinski definition) is 5. The predicted octanol–water partition coefficient (Wildman–Crippen LogP) is 0.622. The molecule has 0 saturated carbocycles. The van der Waals surface area contributed by atoms with Crippen LogP contribution in [0.25, 0.3) is 11.3 Å². The number of imide groups is 1. The summed E-state index contributed by atoms with van der Waals surface area (Å²) in [5, 5.41) is 30.9. The van der Waals surface area contributed by atoms with Gasteiger partial charge in [-0.2, -0.15) is 0 Å². The van der Waals surface area contributed by atoms with Crippen molar-refractivity contribution in [3.63, 3.8) is 0 Å². The molecule has 1 aromatic carbocycles. The summed E-state index contributed by atoms with van der Waals surface area (Å²) in [6.07, 6.45) is 0. The van der Waals surface area contributed by atoms with Gasteiger partial charge in [-0.25, -0.2) is 9.36 Å². The van der Waals surface area contributed by atoms with Gasteiger partial charge in [-0.1, -0.05) is 18.2 Å². The van der Waals surface area contributed by atoms with Gasteiger partial charge in [0.15, 0.2) is 11.8 Å². The van der Waals surface area contributed by atoms with Crippen molar-refractivity contribution in [1.29, 1.82) is 0 Å². The molecule has 0 spiro atoms. The Morgan fingerprint density at radius 1 is 0.957 bits per heavy atom. The highest BCUT2D eigenvalue weighted by atomic mass is 16.4. The average Bonchev–Trinajstić information content (AvgIpc) is 2.97. The topological polar surface area (TPSA) is 129 Å². The summed E-state index contributed by atoms with van der Waals surface area (Å²) in [6, 6.07) is 7.92. The molecule has 0 fully saturated rings. The number of carboxylic acid groups (broad SMARTS) is 1. The Bertz CT molecular complexity index is 874. The van der Waals surface area contributed by atoms with Gasteiger partial charge in [0.25, 0.3) is 11.8 Å². The maximum absolute atomic E-state index is 12.1. The van der Waals surface area contributed by atoms with Crippen LogP contribution in [0, 0.1) is 0 Å². The number of benzene rings is 1. The van der Waals surface area contributed by atoms with E-state index in [0.29, 0.717) is 0 Å². The summed E-state index contributed by atoms with van der Waals surface area (Å²) in [5.41, 5.74) is -0.764. The van der Waals surface area contributed by atoms with Crippen LogP contribution < -0.4 is 5.32 Å². The van der Waals surface area contributed by atoms with Gasteiger partial charge in [-0.15, -0.1) is 0 Å². The number of aromatic carboxylic acids is 1. The van der Waals surface area contributed by atoms with Gasteiger partial charge in [0.2, 0.25) is 0 Å². The van der Waals surface area contributed by atoms with Gasteiger partial charge in [0.05, 0.1) is 11.1 Å². The van der Waals surface area contributed by atoms with Crippen molar-refractivity contribution >= 4 is 29.1 Å². The molecule has 0 unspecified atom stereocenters. The van der Waals surface area contributed by atoms with Crippen LogP contribution in [0.3, 0.4) is 0 Å². The molecule has 2 amide bonds. The van der Waals surface area contributed by atoms with E-state index in [2.05, 4.69) is 0 Å². The molecule has 0 radical (unpaired) electrons. The molecule has 23 heavy (non-hydrogen) atoms. The van der Waals surface area contributed by atoms with E-state index >= 15 is 0 Å². The van der Waals surface area contributed by atoms with E-state index < -0.39 is 29.5 Å². The Labute approximate surface area is 128 Å². The van der Waals surface area contributed by atoms with Gasteiger partial charge in [-0.3, -0.25) is 14.9 Å². The standard InChI is InChI=1S/C15H10N2O6/c18-9-5-6-10(19)17(9)12-11(13(20)16-14(12)21)7-3-1-2-4-8(7)15(22)23/h1-6,18-19H,(H,22,23)(H,16,20,21). The third-order valence-electron chi connectivity index (χ3n) is 3.40. The van der Waals surface area contributed by atoms with Crippen LogP contribution in [-0.4, -0.2) is 37.7 Å². The van der Waals surface area contributed by atoms with Crippen molar-refractivity contribution in [2.45, 2.75) is 0 Å². The number of carbonyl (C=O) groups excluding carboxylic acids is 2. The molecular weight excluding hydrogens is 304 g/mol. The Hall–Kier alpha value is -3.55. The maximum Gasteiger partial charge on any atom is 0.336 e. The van der Waals surface area contributed by atoms with Crippen molar-refractivity contribution in [3.05, 3.63) is 47.5 Å². The van der Waals surface area contributed by atoms with Gasteiger partial charge in [0.1, 0.15) is 5.70 Å². The fourth-order valence-electron chi connectivity index (χ4n) is 2.44. The predicted molar refractivity (Wildman–Crippen MR) is 77.4 cm³/mol. The largest absolute Gasteiger partial charge is 0.494 e. The minimum absolute atomic E-state index is 0.00542. The fraction of sp³-hybridized carbons (Fsp3) is 0. The van der Waals surface area contributed by atoms with E-state index in [9.17, 15) is 29.7 Å². The first-order valence-corrected chi connectivity index (χ1v) is 6.44. The molecule has 1 aromatic heterocycles. The molecule has 2 aromatic rings. The SMILES string of the molecule is O=C1NC(=O)C(n2c(O)ccc2O)=C1c1ccccc1C(=O)O. The fourth-order valence-corrected chi connectivity index (χ4v) is 2.44. The second-order valence-electron chi connectivity index (χ2n) is 4.74. The Kier molecular flexibility index (Phi) is 3.14. The molecule has 0 aliphatic carbocycles. The molecule has 3 rings (SSSR count). The quantitative estimate of drug-likeness (QED) is 0.615. The van der Waals surface area contributed by atoms with Gasteiger partial charge in [-0.05, 0) is 6.07 Å². The molecule has 8 heteroatoms. The minimum atomic E-state index is -1.28. The molecule has 0 atom stereocenters. The zero-order valence-electron chi connectivity index (χ0n) is 11.5. The van der Waals surface area contributed by atoms with Gasteiger partial charge < -0.3 is 15.3 Å². The first kappa shape index (κ1) is 14.4. The molecule has 0 bridgehead atoms. The monoisotopic (exact) mass is 314 g/mol. The molecule has 116 valence electrons. The van der Waals surface area contributed by atoms with E-state index in [0.717, 1.165) is 16.7 Å². The summed E-state index contributed by atoms with van der Waals surface area (Å²) in [4.78, 5) is 35.5. The van der Waals surface area contributed by atoms with Gasteiger partial charge >= 0.3 is 5.97 Å². The van der Waals surface area contributed by atoms with Crippen molar-refractivity contribution in [3.8, 4) is 11.8 Å². The maximum atomic E-state index is 12.1. The lowest BCUT2D eigenvalue weighted by atomic mass is 9.98. The van der Waals surface area contributed by atoms with E-state index in [1.165, 1.54) is 24.3 Å². The van der Waals surface area contributed by atoms with Crippen LogP contribution >= 0.6 is 0 Å². The number of aromatic hydroxyl groups is 2. The molecular formula is C15H10N2O6. The zero-order chi connectivity index (χ0) is 16.7. The number of nitrogens with one attached hydrogen (secondary N) is 1. The highest BCUT2D eigenvalue weighted by Gasteiger charge is 2.36. The number of carbonyl (C=O) groups is 3. The van der Waals surface area contributed by atoms with Crippen molar-refractivity contribution in [2.24, 2.45) is 0 Å². The number of aromatic nitrogens is 1. The first-order valence-electron chi connectivity index (χ1n) is 6.44. The molecule has 0 saturated heterocycles. The van der Waals surface area contributed by atoms with Crippen molar-refractivity contribution in [1.82, 2.24) is 9.88 Å². The highest BCUT2D eigenvalue weighted by molar-refractivity contribution is 6.47. The van der Waals surface area contributed by atoms with Crippen molar-refractivity contribution < 1.29 is 29.7 Å². The number of amides is 2. The molecule has 1 aliphatic rings. The molecule has 4 N–H and O–H groups in total. The summed E-state index contributed by atoms with van der Waals surface area (Å²) < 4.78 is 0.772. The third-order valence-corrected chi connectivity index (χ3v) is 3.40. The van der Waals surface area contributed by atoms with E-state index in [1.807, 2.05) is 5.32 Å². The summed E-state index contributed by atoms with van der Waals surface area (Å²) in [7, 11) is 0. The van der Waals surface area contributed by atoms with Crippen LogP contribution in [0.15, 0.2) is 36.4 Å². The molecule has 1 aliphatic heterocycles. The Morgan fingerprint density at radius 3 is 2.17 bits per heavy atom. The summed E-state index contributed by atoms with van der Waals surface area (Å²) >= 11 is 0. The smallest absolute Gasteiger partial charge is 0.336 e. The van der Waals surface area contributed by atoms with E-state index in [4.69, 9.17) is 0 Å². The lowest BCUT2D eigenvalue weighted by Gasteiger charge is -2.10.